The number of fused-ring (bicyclic) bond motifs is 1. The van der Waals surface area contributed by atoms with E-state index in [-0.39, 0.29) is 12.0 Å². The van der Waals surface area contributed by atoms with Gasteiger partial charge in [-0.2, -0.15) is 0 Å². The molecule has 128 heavy (non-hydrogen) atoms. The number of benzene rings is 10. The SMILES string of the molecule is Cc1c(C)c(C)c(N2C(=O)C(=O)c3c(C)c(C)c(C)c(C)c32)c(C)c1C.Cc1c(C)c(C)c(Nc2c(C)c(C)c(C)c(C)c2C(=O)C(=O)O)c(C)c1C.Cc1c(C)c(C)c(Nc2c(C)c(C)c(C)c(C)c2CC(=O)O)c(C)c1C.Cc1cc(N(C(=O)C(=O)Cl)c2c(C)c(C)c(C)c(C)c2C)c(C)c(C)c1C.Cc1cc(Nc2c(C)c(C)c(C)c(C)c2C)c(C)c(C)c1C. The maximum absolute atomic E-state index is 13.1. The number of carboxylic acids is 2. The van der Waals surface area contributed by atoms with Gasteiger partial charge in [0.15, 0.2) is 0 Å². The Bertz CT molecular complexity index is 6270. The highest BCUT2D eigenvalue weighted by molar-refractivity contribution is 6.82. The van der Waals surface area contributed by atoms with E-state index < -0.39 is 40.6 Å². The van der Waals surface area contributed by atoms with Crippen LogP contribution in [0.3, 0.4) is 0 Å². The average Bonchev–Trinajstić information content (AvgIpc) is 1.56. The lowest BCUT2D eigenvalue weighted by atomic mass is 9.88. The van der Waals surface area contributed by atoms with E-state index in [4.69, 9.17) is 11.6 Å². The summed E-state index contributed by atoms with van der Waals surface area (Å²) in [6.07, 6.45) is 0.0258. The fourth-order valence-electron chi connectivity index (χ4n) is 18.4. The molecule has 682 valence electrons. The molecular weight excluding hydrogens is 1610 g/mol. The topological polar surface area (TPSA) is 203 Å². The van der Waals surface area contributed by atoms with Crippen LogP contribution in [-0.4, -0.2) is 50.8 Å². The number of hydrogen-bond donors (Lipinski definition) is 5. The van der Waals surface area contributed by atoms with Gasteiger partial charge in [0.25, 0.3) is 11.6 Å². The molecule has 10 aromatic carbocycles. The lowest BCUT2D eigenvalue weighted by Crippen LogP contribution is -2.33. The quantitative estimate of drug-likeness (QED) is 0.0392. The Morgan fingerprint density at radius 2 is 0.578 bits per heavy atom. The third-order valence-corrected chi connectivity index (χ3v) is 31.6. The van der Waals surface area contributed by atoms with E-state index in [0.29, 0.717) is 22.5 Å². The minimum atomic E-state index is -1.44. The molecule has 0 bridgehead atoms. The van der Waals surface area contributed by atoms with Gasteiger partial charge < -0.3 is 26.2 Å². The molecule has 2 amide bonds. The van der Waals surface area contributed by atoms with Gasteiger partial charge in [-0.1, -0.05) is 0 Å². The number of amides is 2. The number of nitrogens with one attached hydrogen (secondary N) is 3. The van der Waals surface area contributed by atoms with Gasteiger partial charge >= 0.3 is 29.0 Å². The molecule has 0 saturated heterocycles. The molecule has 0 aromatic heterocycles. The van der Waals surface area contributed by atoms with Crippen LogP contribution in [0.25, 0.3) is 0 Å². The Morgan fingerprint density at radius 3 is 0.945 bits per heavy atom. The maximum atomic E-state index is 13.1. The summed E-state index contributed by atoms with van der Waals surface area (Å²) in [5, 5.41) is 28.6. The third kappa shape index (κ3) is 18.8. The first kappa shape index (κ1) is 104. The monoisotopic (exact) mass is 1750 g/mol. The number of ketones is 2. The van der Waals surface area contributed by atoms with Crippen LogP contribution in [0.4, 0.5) is 56.9 Å². The summed E-state index contributed by atoms with van der Waals surface area (Å²) in [6, 6.07) is 4.25. The summed E-state index contributed by atoms with van der Waals surface area (Å²) in [6.45, 7) is 93.7. The van der Waals surface area contributed by atoms with Crippen molar-refractivity contribution in [3.8, 4) is 0 Å². The van der Waals surface area contributed by atoms with E-state index in [2.05, 4.69) is 216 Å². The highest BCUT2D eigenvalue weighted by Crippen LogP contribution is 2.49. The number of halogens is 1. The van der Waals surface area contributed by atoms with Crippen LogP contribution in [0.1, 0.15) is 277 Å². The molecule has 0 fully saturated rings. The first-order valence-electron chi connectivity index (χ1n) is 44.5. The lowest BCUT2D eigenvalue weighted by Gasteiger charge is -2.30. The van der Waals surface area contributed by atoms with E-state index in [1.165, 1.54) is 150 Å². The molecule has 1 aliphatic heterocycles. The fourth-order valence-corrected chi connectivity index (χ4v) is 18.5. The third-order valence-electron chi connectivity index (χ3n) is 31.4. The Hall–Kier alpha value is -11.2. The van der Waals surface area contributed by atoms with Crippen LogP contribution in [0.2, 0.25) is 0 Å². The Balaban J connectivity index is 0.000000220. The van der Waals surface area contributed by atoms with Crippen molar-refractivity contribution < 1.29 is 43.8 Å². The van der Waals surface area contributed by atoms with E-state index >= 15 is 0 Å². The van der Waals surface area contributed by atoms with Crippen LogP contribution < -0.4 is 25.8 Å². The molecule has 0 atom stereocenters. The molecule has 0 radical (unpaired) electrons. The zero-order chi connectivity index (χ0) is 97.9. The molecule has 0 unspecified atom stereocenters. The normalized spacial score (nSPS) is 11.5. The number of rotatable bonds is 14. The predicted octanol–water partition coefficient (Wildman–Crippen LogP) is 28.7. The number of aliphatic carboxylic acids is 2. The molecule has 11 rings (SSSR count). The van der Waals surface area contributed by atoms with Crippen molar-refractivity contribution in [2.24, 2.45) is 0 Å². The van der Waals surface area contributed by atoms with Gasteiger partial charge in [-0.15, -0.1) is 0 Å². The smallest absolute Gasteiger partial charge is 0.377 e. The zero-order valence-electron chi connectivity index (χ0n) is 85.9. The van der Waals surface area contributed by atoms with E-state index in [0.717, 1.165) is 151 Å². The molecule has 1 heterocycles. The minimum Gasteiger partial charge on any atom is -0.481 e. The summed E-state index contributed by atoms with van der Waals surface area (Å²) in [5.74, 6) is -4.67. The molecule has 0 spiro atoms. The Kier molecular flexibility index (Phi) is 32.3. The first-order valence-corrected chi connectivity index (χ1v) is 44.9. The number of carboxylic acid groups (broad SMARTS) is 2. The number of carbonyl (C=O) groups excluding carboxylic acids is 5. The van der Waals surface area contributed by atoms with Crippen LogP contribution in [-0.2, 0) is 30.4 Å². The minimum absolute atomic E-state index is 0.0258. The van der Waals surface area contributed by atoms with Crippen molar-refractivity contribution >= 4 is 109 Å². The molecule has 15 heteroatoms. The highest BCUT2D eigenvalue weighted by atomic mass is 35.5. The molecule has 0 aliphatic carbocycles. The van der Waals surface area contributed by atoms with Gasteiger partial charge in [0.2, 0.25) is 0 Å². The fraction of sp³-hybridized carbons (Fsp3) is 0.407. The van der Waals surface area contributed by atoms with E-state index in [9.17, 15) is 43.8 Å². The number of hydrogen-bond acceptors (Lipinski definition) is 10. The van der Waals surface area contributed by atoms with Gasteiger partial charge in [0.05, 0.1) is 46.0 Å². The lowest BCUT2D eigenvalue weighted by molar-refractivity contribution is -0.136. The summed E-state index contributed by atoms with van der Waals surface area (Å²) in [7, 11) is 0. The second-order valence-electron chi connectivity index (χ2n) is 36.9. The van der Waals surface area contributed by atoms with Crippen molar-refractivity contribution in [1.82, 2.24) is 0 Å². The van der Waals surface area contributed by atoms with Gasteiger partial charge in [0.1, 0.15) is 0 Å². The van der Waals surface area contributed by atoms with Gasteiger partial charge in [0, 0.05) is 28.4 Å². The molecular formula is C113H144ClN5O9. The number of aryl methyl sites for hydroxylation is 2. The standard InChI is InChI=1S/C23H28ClNO2.C23H29NO3.C23H27NO2.C23H31NO2.C21H29N/c1-11-10-20(17(7)13(3)12(11)2)25(23(27)22(24)26)21-18(8)15(5)14(4)16(6)19(21)9;1-10-12(3)16(7)20(17(8)13(10)4)24-21-18(9)14(5)11(2)15(6)19(21)22(25)23(26)27;1-10-12(3)16(7)20(17(8)13(10)4)24-21-18(9)14(5)11(2)15(6)19(21)22(25)23(24)26;1-11-13(3)17(7)22(18(8)14(11)4)24-23-19(9)15(5)12(2)16(6)20(23)10-21(25)26;1-11-10-20(17(7)13(3)12(11)2)22-21-18(8)15(5)14(4)16(6)19(21)9/h10H,1-9H3;24H,1-9H3,(H,26,27);1-9H3;24H,10H2,1-9H3,(H,25,26);10,22H,1-9H3. The van der Waals surface area contributed by atoms with E-state index in [1.54, 1.807) is 4.90 Å². The molecule has 0 saturated carbocycles. The number of nitrogens with zero attached hydrogens (tertiary/aromatic N) is 2. The van der Waals surface area contributed by atoms with Crippen LogP contribution in [0.5, 0.6) is 0 Å². The number of carbonyl (C=O) groups is 7. The number of anilines is 10. The first-order chi connectivity index (χ1) is 59.0. The average molecular weight is 1750 g/mol. The van der Waals surface area contributed by atoms with Crippen LogP contribution in [0.15, 0.2) is 12.1 Å². The van der Waals surface area contributed by atoms with Crippen molar-refractivity contribution in [2.75, 3.05) is 25.8 Å². The number of Topliss-reactive ketones (excluding diaryl/α,β-unsaturated/α-hetero) is 2. The highest BCUT2D eigenvalue weighted by Gasteiger charge is 2.43. The van der Waals surface area contributed by atoms with Crippen molar-refractivity contribution in [3.63, 3.8) is 0 Å². The summed E-state index contributed by atoms with van der Waals surface area (Å²) < 4.78 is 0. The van der Waals surface area contributed by atoms with Crippen LogP contribution in [0, 0.1) is 312 Å². The van der Waals surface area contributed by atoms with Crippen molar-refractivity contribution in [2.45, 2.75) is 318 Å². The largest absolute Gasteiger partial charge is 0.481 e. The van der Waals surface area contributed by atoms with Crippen molar-refractivity contribution in [3.05, 3.63) is 279 Å². The van der Waals surface area contributed by atoms with Gasteiger partial charge in [-0.05, 0) is 591 Å². The molecule has 10 aromatic rings. The maximum Gasteiger partial charge on any atom is 0.377 e. The zero-order valence-corrected chi connectivity index (χ0v) is 86.6. The second kappa shape index (κ2) is 39.8. The predicted molar refractivity (Wildman–Crippen MR) is 540 cm³/mol. The molecule has 14 nitrogen and oxygen atoms in total. The van der Waals surface area contributed by atoms with Gasteiger partial charge in [-0.25, -0.2) is 4.79 Å². The molecule has 1 aliphatic rings. The van der Waals surface area contributed by atoms with E-state index in [1.807, 2.05) is 124 Å². The van der Waals surface area contributed by atoms with Crippen LogP contribution >= 0.6 is 11.6 Å². The summed E-state index contributed by atoms with van der Waals surface area (Å²) >= 11 is 5.67. The Morgan fingerprint density at radius 1 is 0.297 bits per heavy atom. The van der Waals surface area contributed by atoms with Crippen molar-refractivity contribution in [1.29, 1.82) is 0 Å². The summed E-state index contributed by atoms with van der Waals surface area (Å²) in [5.41, 5.74) is 63.3. The molecule has 5 N–H and O–H groups in total. The second-order valence-corrected chi connectivity index (χ2v) is 37.3. The summed E-state index contributed by atoms with van der Waals surface area (Å²) in [4.78, 5) is 89.5. The Labute approximate surface area is 770 Å². The van der Waals surface area contributed by atoms with Gasteiger partial charge in [-0.3, -0.25) is 38.6 Å².